The maximum absolute atomic E-state index is 11.4. The van der Waals surface area contributed by atoms with Crippen molar-refractivity contribution < 1.29 is 15.0 Å². The Labute approximate surface area is 91.5 Å². The van der Waals surface area contributed by atoms with Crippen LogP contribution in [0.1, 0.15) is 51.9 Å². The van der Waals surface area contributed by atoms with E-state index in [0.29, 0.717) is 18.8 Å². The summed E-state index contributed by atoms with van der Waals surface area (Å²) in [7, 11) is 0. The maximum atomic E-state index is 11.4. The summed E-state index contributed by atoms with van der Waals surface area (Å²) in [5.74, 6) is -0.0948. The van der Waals surface area contributed by atoms with E-state index in [1.54, 1.807) is 0 Å². The van der Waals surface area contributed by atoms with E-state index >= 15 is 0 Å². The highest BCUT2D eigenvalue weighted by Gasteiger charge is 2.41. The van der Waals surface area contributed by atoms with E-state index in [9.17, 15) is 9.90 Å². The Morgan fingerprint density at radius 2 is 2.27 bits per heavy atom. The molecule has 1 aliphatic rings. The van der Waals surface area contributed by atoms with Crippen LogP contribution in [0.3, 0.4) is 0 Å². The fourth-order valence-corrected chi connectivity index (χ4v) is 2.78. The predicted octanol–water partition coefficient (Wildman–Crippen LogP) is 2.43. The molecule has 3 heteroatoms. The van der Waals surface area contributed by atoms with Crippen molar-refractivity contribution in [2.24, 2.45) is 11.3 Å². The van der Waals surface area contributed by atoms with Gasteiger partial charge < -0.3 is 10.2 Å². The molecule has 2 atom stereocenters. The third kappa shape index (κ3) is 2.94. The Hall–Kier alpha value is -0.570. The Balaban J connectivity index is 2.66. The number of aliphatic carboxylic acids is 1. The molecule has 0 spiro atoms. The molecule has 2 unspecified atom stereocenters. The van der Waals surface area contributed by atoms with Crippen LogP contribution in [0.25, 0.3) is 0 Å². The van der Waals surface area contributed by atoms with E-state index in [2.05, 4.69) is 6.92 Å². The summed E-state index contributed by atoms with van der Waals surface area (Å²) in [6.07, 6.45) is 6.12. The first-order valence-corrected chi connectivity index (χ1v) is 5.99. The molecule has 0 amide bonds. The molecule has 1 saturated carbocycles. The lowest BCUT2D eigenvalue weighted by Gasteiger charge is -2.37. The van der Waals surface area contributed by atoms with Gasteiger partial charge in [0, 0.05) is 6.61 Å². The summed E-state index contributed by atoms with van der Waals surface area (Å²) >= 11 is 0. The number of hydrogen-bond acceptors (Lipinski definition) is 2. The molecule has 0 aromatic heterocycles. The number of hydrogen-bond donors (Lipinski definition) is 2. The highest BCUT2D eigenvalue weighted by atomic mass is 16.4. The number of carboxylic acid groups (broad SMARTS) is 1. The quantitative estimate of drug-likeness (QED) is 0.739. The number of aliphatic hydroxyl groups excluding tert-OH is 1. The zero-order valence-electron chi connectivity index (χ0n) is 9.54. The molecule has 0 bridgehead atoms. The van der Waals surface area contributed by atoms with Crippen molar-refractivity contribution in [3.63, 3.8) is 0 Å². The second-order valence-corrected chi connectivity index (χ2v) is 4.78. The van der Waals surface area contributed by atoms with Crippen LogP contribution in [-0.4, -0.2) is 22.8 Å². The number of rotatable bonds is 5. The molecule has 2 N–H and O–H groups in total. The van der Waals surface area contributed by atoms with Gasteiger partial charge in [0.2, 0.25) is 0 Å². The summed E-state index contributed by atoms with van der Waals surface area (Å²) in [6, 6.07) is 0. The first-order chi connectivity index (χ1) is 7.14. The van der Waals surface area contributed by atoms with Gasteiger partial charge in [0.1, 0.15) is 0 Å². The molecule has 1 aliphatic carbocycles. The summed E-state index contributed by atoms with van der Waals surface area (Å²) in [5, 5.41) is 18.2. The monoisotopic (exact) mass is 214 g/mol. The summed E-state index contributed by atoms with van der Waals surface area (Å²) in [5.41, 5.74) is -0.540. The van der Waals surface area contributed by atoms with E-state index < -0.39 is 11.4 Å². The van der Waals surface area contributed by atoms with Crippen LogP contribution in [0.4, 0.5) is 0 Å². The Morgan fingerprint density at radius 1 is 1.53 bits per heavy atom. The first kappa shape index (κ1) is 12.5. The topological polar surface area (TPSA) is 57.5 Å². The molecular formula is C12H22O3. The lowest BCUT2D eigenvalue weighted by atomic mass is 9.66. The summed E-state index contributed by atoms with van der Waals surface area (Å²) in [4.78, 5) is 11.4. The van der Waals surface area contributed by atoms with E-state index in [0.717, 1.165) is 25.7 Å². The standard InChI is InChI=1S/C12H22O3/c1-2-10-5-3-6-12(9-10,11(14)15)7-4-8-13/h10,13H,2-9H2,1H3,(H,14,15). The average Bonchev–Trinajstić information content (AvgIpc) is 2.26. The van der Waals surface area contributed by atoms with Crippen molar-refractivity contribution in [1.82, 2.24) is 0 Å². The normalized spacial score (nSPS) is 31.5. The molecule has 1 fully saturated rings. The number of carbonyl (C=O) groups is 1. The number of carboxylic acids is 1. The van der Waals surface area contributed by atoms with Crippen molar-refractivity contribution >= 4 is 5.97 Å². The fraction of sp³-hybridized carbons (Fsp3) is 0.917. The smallest absolute Gasteiger partial charge is 0.309 e. The van der Waals surface area contributed by atoms with Gasteiger partial charge >= 0.3 is 5.97 Å². The van der Waals surface area contributed by atoms with Crippen LogP contribution in [0.2, 0.25) is 0 Å². The van der Waals surface area contributed by atoms with Gasteiger partial charge in [-0.05, 0) is 31.6 Å². The fourth-order valence-electron chi connectivity index (χ4n) is 2.78. The van der Waals surface area contributed by atoms with Crippen molar-refractivity contribution in [3.8, 4) is 0 Å². The van der Waals surface area contributed by atoms with Gasteiger partial charge in [-0.3, -0.25) is 4.79 Å². The van der Waals surface area contributed by atoms with E-state index in [4.69, 9.17) is 5.11 Å². The lowest BCUT2D eigenvalue weighted by molar-refractivity contribution is -0.153. The highest BCUT2D eigenvalue weighted by molar-refractivity contribution is 5.74. The Bertz CT molecular complexity index is 215. The van der Waals surface area contributed by atoms with Gasteiger partial charge in [-0.1, -0.05) is 26.2 Å². The van der Waals surface area contributed by atoms with Crippen LogP contribution in [-0.2, 0) is 4.79 Å². The van der Waals surface area contributed by atoms with Crippen LogP contribution in [0, 0.1) is 11.3 Å². The van der Waals surface area contributed by atoms with E-state index in [1.807, 2.05) is 0 Å². The minimum absolute atomic E-state index is 0.103. The maximum Gasteiger partial charge on any atom is 0.309 e. The van der Waals surface area contributed by atoms with Crippen LogP contribution >= 0.6 is 0 Å². The average molecular weight is 214 g/mol. The zero-order chi connectivity index (χ0) is 11.3. The summed E-state index contributed by atoms with van der Waals surface area (Å²) in [6.45, 7) is 2.24. The number of aliphatic hydroxyl groups is 1. The molecule has 3 nitrogen and oxygen atoms in total. The second kappa shape index (κ2) is 5.50. The SMILES string of the molecule is CCC1CCCC(CCCO)(C(=O)O)C1. The minimum Gasteiger partial charge on any atom is -0.481 e. The molecule has 0 radical (unpaired) electrons. The van der Waals surface area contributed by atoms with E-state index in [1.165, 1.54) is 6.42 Å². The van der Waals surface area contributed by atoms with Gasteiger partial charge in [0.15, 0.2) is 0 Å². The predicted molar refractivity (Wildman–Crippen MR) is 58.6 cm³/mol. The van der Waals surface area contributed by atoms with Crippen LogP contribution < -0.4 is 0 Å². The van der Waals surface area contributed by atoms with Crippen molar-refractivity contribution in [3.05, 3.63) is 0 Å². The molecule has 88 valence electrons. The molecule has 0 aliphatic heterocycles. The second-order valence-electron chi connectivity index (χ2n) is 4.78. The van der Waals surface area contributed by atoms with Gasteiger partial charge in [-0.2, -0.15) is 0 Å². The minimum atomic E-state index is -0.658. The lowest BCUT2D eigenvalue weighted by Crippen LogP contribution is -2.36. The first-order valence-electron chi connectivity index (χ1n) is 5.99. The van der Waals surface area contributed by atoms with Crippen LogP contribution in [0.5, 0.6) is 0 Å². The van der Waals surface area contributed by atoms with E-state index in [-0.39, 0.29) is 6.61 Å². The Kier molecular flexibility index (Phi) is 4.58. The molecule has 0 saturated heterocycles. The van der Waals surface area contributed by atoms with Gasteiger partial charge in [-0.15, -0.1) is 0 Å². The summed E-state index contributed by atoms with van der Waals surface area (Å²) < 4.78 is 0. The largest absolute Gasteiger partial charge is 0.481 e. The van der Waals surface area contributed by atoms with Crippen molar-refractivity contribution in [1.29, 1.82) is 0 Å². The molecule has 0 aromatic rings. The molecule has 15 heavy (non-hydrogen) atoms. The van der Waals surface area contributed by atoms with Gasteiger partial charge in [-0.25, -0.2) is 0 Å². The highest BCUT2D eigenvalue weighted by Crippen LogP contribution is 2.44. The molecule has 1 rings (SSSR count). The Morgan fingerprint density at radius 3 is 2.80 bits per heavy atom. The third-order valence-corrected chi connectivity index (χ3v) is 3.79. The molecule has 0 heterocycles. The molecular weight excluding hydrogens is 192 g/mol. The van der Waals surface area contributed by atoms with Crippen molar-refractivity contribution in [2.75, 3.05) is 6.61 Å². The molecule has 0 aromatic carbocycles. The van der Waals surface area contributed by atoms with Crippen molar-refractivity contribution in [2.45, 2.75) is 51.9 Å². The van der Waals surface area contributed by atoms with Gasteiger partial charge in [0.05, 0.1) is 5.41 Å². The van der Waals surface area contributed by atoms with Gasteiger partial charge in [0.25, 0.3) is 0 Å². The zero-order valence-corrected chi connectivity index (χ0v) is 9.54. The van der Waals surface area contributed by atoms with Crippen LogP contribution in [0.15, 0.2) is 0 Å². The third-order valence-electron chi connectivity index (χ3n) is 3.79.